The zero-order chi connectivity index (χ0) is 15.8. The van der Waals surface area contributed by atoms with Crippen molar-refractivity contribution in [2.75, 3.05) is 12.3 Å². The summed E-state index contributed by atoms with van der Waals surface area (Å²) in [5.41, 5.74) is 11.6. The molecule has 1 aromatic rings. The molecule has 0 unspecified atom stereocenters. The highest BCUT2D eigenvalue weighted by molar-refractivity contribution is 6.11. The third-order valence-electron chi connectivity index (χ3n) is 3.44. The second-order valence-corrected chi connectivity index (χ2v) is 5.93. The van der Waals surface area contributed by atoms with Gasteiger partial charge in [-0.3, -0.25) is 9.59 Å². The van der Waals surface area contributed by atoms with Gasteiger partial charge in [-0.1, -0.05) is 0 Å². The number of carbonyl (C=O) groups is 2. The summed E-state index contributed by atoms with van der Waals surface area (Å²) in [6.07, 6.45) is 0.179. The Morgan fingerprint density at radius 1 is 1.48 bits per heavy atom. The third kappa shape index (κ3) is 3.06. The van der Waals surface area contributed by atoms with Crippen molar-refractivity contribution in [1.29, 1.82) is 0 Å². The van der Waals surface area contributed by atoms with Crippen LogP contribution in [0, 0.1) is 0 Å². The SMILES string of the molecule is CC1(C)CC(=O)c2c(ccc(C(=O)C[C@@H](N)CO)c2N)O1. The fourth-order valence-electron chi connectivity index (χ4n) is 2.44. The lowest BCUT2D eigenvalue weighted by Crippen LogP contribution is -2.36. The summed E-state index contributed by atoms with van der Waals surface area (Å²) in [6.45, 7) is 3.36. The third-order valence-corrected chi connectivity index (χ3v) is 3.44. The smallest absolute Gasteiger partial charge is 0.172 e. The van der Waals surface area contributed by atoms with Crippen LogP contribution >= 0.6 is 0 Å². The molecule has 0 fully saturated rings. The number of carbonyl (C=O) groups excluding carboxylic acids is 2. The van der Waals surface area contributed by atoms with E-state index in [-0.39, 0.29) is 47.8 Å². The number of aliphatic hydroxyl groups is 1. The predicted octanol–water partition coefficient (Wildman–Crippen LogP) is 0.905. The molecule has 0 spiro atoms. The predicted molar refractivity (Wildman–Crippen MR) is 78.5 cm³/mol. The van der Waals surface area contributed by atoms with Gasteiger partial charge in [-0.25, -0.2) is 0 Å². The van der Waals surface area contributed by atoms with Gasteiger partial charge in [-0.05, 0) is 26.0 Å². The van der Waals surface area contributed by atoms with Crippen molar-refractivity contribution in [3.05, 3.63) is 23.3 Å². The molecule has 1 heterocycles. The van der Waals surface area contributed by atoms with Gasteiger partial charge in [0.1, 0.15) is 11.4 Å². The van der Waals surface area contributed by atoms with Gasteiger partial charge < -0.3 is 21.3 Å². The van der Waals surface area contributed by atoms with Gasteiger partial charge in [0.15, 0.2) is 11.6 Å². The molecule has 2 rings (SSSR count). The summed E-state index contributed by atoms with van der Waals surface area (Å²) in [5.74, 6) is -0.0360. The van der Waals surface area contributed by atoms with E-state index in [1.54, 1.807) is 6.07 Å². The maximum Gasteiger partial charge on any atom is 0.172 e. The van der Waals surface area contributed by atoms with Crippen LogP contribution in [0.25, 0.3) is 0 Å². The Morgan fingerprint density at radius 2 is 2.14 bits per heavy atom. The normalized spacial score (nSPS) is 17.8. The van der Waals surface area contributed by atoms with Crippen molar-refractivity contribution in [2.24, 2.45) is 5.73 Å². The molecule has 6 nitrogen and oxygen atoms in total. The summed E-state index contributed by atoms with van der Waals surface area (Å²) < 4.78 is 5.73. The maximum atomic E-state index is 12.2. The highest BCUT2D eigenvalue weighted by Crippen LogP contribution is 2.38. The topological polar surface area (TPSA) is 116 Å². The number of hydrogen-bond donors (Lipinski definition) is 3. The Kier molecular flexibility index (Phi) is 4.02. The van der Waals surface area contributed by atoms with Crippen LogP contribution in [0.5, 0.6) is 5.75 Å². The Morgan fingerprint density at radius 3 is 2.76 bits per heavy atom. The highest BCUT2D eigenvalue weighted by Gasteiger charge is 2.35. The number of Topliss-reactive ketones (excluding diaryl/α,β-unsaturated/α-hetero) is 2. The molecule has 6 heteroatoms. The zero-order valence-electron chi connectivity index (χ0n) is 12.2. The van der Waals surface area contributed by atoms with Gasteiger partial charge in [-0.15, -0.1) is 0 Å². The number of rotatable bonds is 4. The Balaban J connectivity index is 2.39. The van der Waals surface area contributed by atoms with E-state index in [0.717, 1.165) is 0 Å². The molecule has 1 aliphatic heterocycles. The van der Waals surface area contributed by atoms with E-state index in [2.05, 4.69) is 0 Å². The van der Waals surface area contributed by atoms with Crippen molar-refractivity contribution in [3.8, 4) is 5.75 Å². The van der Waals surface area contributed by atoms with Crippen LogP contribution < -0.4 is 16.2 Å². The molecule has 1 aromatic carbocycles. The molecule has 21 heavy (non-hydrogen) atoms. The number of aliphatic hydroxyl groups excluding tert-OH is 1. The summed E-state index contributed by atoms with van der Waals surface area (Å²) in [7, 11) is 0. The molecule has 0 amide bonds. The lowest BCUT2D eigenvalue weighted by Gasteiger charge is -2.32. The zero-order valence-corrected chi connectivity index (χ0v) is 12.2. The van der Waals surface area contributed by atoms with E-state index in [9.17, 15) is 9.59 Å². The fraction of sp³-hybridized carbons (Fsp3) is 0.467. The molecule has 0 saturated heterocycles. The quantitative estimate of drug-likeness (QED) is 0.561. The first-order valence-corrected chi connectivity index (χ1v) is 6.79. The van der Waals surface area contributed by atoms with Gasteiger partial charge in [0.2, 0.25) is 0 Å². The molecule has 1 atom stereocenters. The van der Waals surface area contributed by atoms with Gasteiger partial charge in [0.25, 0.3) is 0 Å². The van der Waals surface area contributed by atoms with Crippen molar-refractivity contribution >= 4 is 17.3 Å². The average molecular weight is 292 g/mol. The van der Waals surface area contributed by atoms with E-state index in [1.807, 2.05) is 13.8 Å². The second-order valence-electron chi connectivity index (χ2n) is 5.93. The average Bonchev–Trinajstić information content (AvgIpc) is 2.36. The van der Waals surface area contributed by atoms with Crippen molar-refractivity contribution in [1.82, 2.24) is 0 Å². The molecule has 114 valence electrons. The van der Waals surface area contributed by atoms with E-state index in [4.69, 9.17) is 21.3 Å². The molecular formula is C15H20N2O4. The van der Waals surface area contributed by atoms with Crippen molar-refractivity contribution in [3.63, 3.8) is 0 Å². The number of hydrogen-bond acceptors (Lipinski definition) is 6. The Hall–Kier alpha value is -1.92. The van der Waals surface area contributed by atoms with E-state index in [0.29, 0.717) is 5.75 Å². The van der Waals surface area contributed by atoms with Crippen LogP contribution in [0.2, 0.25) is 0 Å². The first-order chi connectivity index (χ1) is 9.75. The number of benzene rings is 1. The number of ketones is 2. The number of nitrogen functional groups attached to an aromatic ring is 1. The fourth-order valence-corrected chi connectivity index (χ4v) is 2.44. The van der Waals surface area contributed by atoms with Crippen molar-refractivity contribution < 1.29 is 19.4 Å². The van der Waals surface area contributed by atoms with Crippen LogP contribution in [0.4, 0.5) is 5.69 Å². The van der Waals surface area contributed by atoms with E-state index >= 15 is 0 Å². The van der Waals surface area contributed by atoms with E-state index in [1.165, 1.54) is 6.07 Å². The second kappa shape index (κ2) is 5.46. The lowest BCUT2D eigenvalue weighted by atomic mass is 9.89. The monoisotopic (exact) mass is 292 g/mol. The summed E-state index contributed by atoms with van der Waals surface area (Å²) in [6, 6.07) is 2.48. The Bertz CT molecular complexity index is 596. The molecule has 0 aromatic heterocycles. The molecule has 0 saturated carbocycles. The molecule has 0 aliphatic carbocycles. The van der Waals surface area contributed by atoms with Crippen molar-refractivity contribution in [2.45, 2.75) is 38.3 Å². The minimum absolute atomic E-state index is 0.0278. The van der Waals surface area contributed by atoms with Crippen LogP contribution in [0.15, 0.2) is 12.1 Å². The highest BCUT2D eigenvalue weighted by atomic mass is 16.5. The molecule has 0 radical (unpaired) electrons. The standard InChI is InChI=1S/C15H20N2O4/c1-15(2)6-11(20)13-12(21-15)4-3-9(14(13)17)10(19)5-8(16)7-18/h3-4,8,18H,5-7,16-17H2,1-2H3/t8-/m1/s1. The first kappa shape index (κ1) is 15.5. The number of fused-ring (bicyclic) bond motifs is 1. The summed E-state index contributed by atoms with van der Waals surface area (Å²) >= 11 is 0. The molecule has 1 aliphatic rings. The molecule has 0 bridgehead atoms. The van der Waals surface area contributed by atoms with E-state index < -0.39 is 11.6 Å². The number of ether oxygens (including phenoxy) is 1. The number of anilines is 1. The van der Waals surface area contributed by atoms with Crippen LogP contribution in [0.1, 0.15) is 47.4 Å². The maximum absolute atomic E-state index is 12.2. The summed E-state index contributed by atoms with van der Waals surface area (Å²) in [4.78, 5) is 24.4. The largest absolute Gasteiger partial charge is 0.487 e. The number of nitrogens with two attached hydrogens (primary N) is 2. The first-order valence-electron chi connectivity index (χ1n) is 6.79. The summed E-state index contributed by atoms with van der Waals surface area (Å²) in [5, 5.41) is 8.91. The van der Waals surface area contributed by atoms with Gasteiger partial charge in [0, 0.05) is 18.0 Å². The van der Waals surface area contributed by atoms with Crippen LogP contribution in [0.3, 0.4) is 0 Å². The van der Waals surface area contributed by atoms with Gasteiger partial charge in [-0.2, -0.15) is 0 Å². The lowest BCUT2D eigenvalue weighted by molar-refractivity contribution is 0.0622. The molecule has 5 N–H and O–H groups in total. The van der Waals surface area contributed by atoms with Crippen LogP contribution in [-0.2, 0) is 0 Å². The van der Waals surface area contributed by atoms with Gasteiger partial charge in [0.05, 0.1) is 24.3 Å². The van der Waals surface area contributed by atoms with Crippen LogP contribution in [-0.4, -0.2) is 34.9 Å². The molecular weight excluding hydrogens is 272 g/mol. The minimum atomic E-state index is -0.640. The van der Waals surface area contributed by atoms with Gasteiger partial charge >= 0.3 is 0 Å². The Labute approximate surface area is 123 Å². The minimum Gasteiger partial charge on any atom is -0.487 e.